The van der Waals surface area contributed by atoms with Crippen LogP contribution in [-0.2, 0) is 16.1 Å². The summed E-state index contributed by atoms with van der Waals surface area (Å²) < 4.78 is 0. The average molecular weight is 367 g/mol. The highest BCUT2D eigenvalue weighted by atomic mass is 16.2. The van der Waals surface area contributed by atoms with Crippen molar-refractivity contribution in [1.29, 1.82) is 0 Å². The van der Waals surface area contributed by atoms with E-state index in [0.29, 0.717) is 26.1 Å². The summed E-state index contributed by atoms with van der Waals surface area (Å²) in [6.07, 6.45) is 0.313. The Bertz CT molecular complexity index is 776. The van der Waals surface area contributed by atoms with Gasteiger partial charge in [-0.1, -0.05) is 48.0 Å². The monoisotopic (exact) mass is 366 g/mol. The highest BCUT2D eigenvalue weighted by molar-refractivity contribution is 5.94. The highest BCUT2D eigenvalue weighted by Gasteiger charge is 2.20. The highest BCUT2D eigenvalue weighted by Crippen LogP contribution is 2.27. The molecule has 0 unspecified atom stereocenters. The van der Waals surface area contributed by atoms with Gasteiger partial charge in [0.15, 0.2) is 0 Å². The largest absolute Gasteiger partial charge is 0.339 e. The summed E-state index contributed by atoms with van der Waals surface area (Å²) in [5, 5.41) is 0. The van der Waals surface area contributed by atoms with Crippen molar-refractivity contribution in [3.05, 3.63) is 64.7 Å². The van der Waals surface area contributed by atoms with Crippen molar-refractivity contribution in [2.45, 2.75) is 47.6 Å². The first kappa shape index (κ1) is 20.7. The molecule has 2 rings (SSSR count). The van der Waals surface area contributed by atoms with Crippen molar-refractivity contribution < 1.29 is 9.59 Å². The lowest BCUT2D eigenvalue weighted by atomic mass is 10.0. The number of benzene rings is 2. The third kappa shape index (κ3) is 5.43. The van der Waals surface area contributed by atoms with Gasteiger partial charge in [-0.2, -0.15) is 0 Å². The van der Waals surface area contributed by atoms with Gasteiger partial charge >= 0.3 is 0 Å². The Morgan fingerprint density at radius 1 is 0.963 bits per heavy atom. The van der Waals surface area contributed by atoms with Gasteiger partial charge in [0.05, 0.1) is 0 Å². The molecule has 27 heavy (non-hydrogen) atoms. The van der Waals surface area contributed by atoms with E-state index in [4.69, 9.17) is 0 Å². The zero-order valence-corrected chi connectivity index (χ0v) is 17.1. The van der Waals surface area contributed by atoms with E-state index in [2.05, 4.69) is 12.1 Å². The van der Waals surface area contributed by atoms with E-state index < -0.39 is 0 Å². The summed E-state index contributed by atoms with van der Waals surface area (Å²) in [6, 6.07) is 14.1. The summed E-state index contributed by atoms with van der Waals surface area (Å²) in [4.78, 5) is 28.6. The van der Waals surface area contributed by atoms with Crippen molar-refractivity contribution in [3.63, 3.8) is 0 Å². The van der Waals surface area contributed by atoms with E-state index in [1.165, 1.54) is 5.56 Å². The van der Waals surface area contributed by atoms with Gasteiger partial charge in [0, 0.05) is 38.7 Å². The van der Waals surface area contributed by atoms with Gasteiger partial charge in [-0.25, -0.2) is 0 Å². The molecule has 4 nitrogen and oxygen atoms in total. The first-order valence-corrected chi connectivity index (χ1v) is 9.51. The molecule has 0 saturated carbocycles. The van der Waals surface area contributed by atoms with E-state index in [9.17, 15) is 9.59 Å². The smallest absolute Gasteiger partial charge is 0.224 e. The van der Waals surface area contributed by atoms with E-state index in [1.807, 2.05) is 62.9 Å². The number of hydrogen-bond acceptors (Lipinski definition) is 2. The number of hydrogen-bond donors (Lipinski definition) is 0. The maximum atomic E-state index is 12.7. The number of carbonyl (C=O) groups excluding carboxylic acids is 2. The molecule has 2 aromatic rings. The van der Waals surface area contributed by atoms with Crippen LogP contribution >= 0.6 is 0 Å². The van der Waals surface area contributed by atoms with Gasteiger partial charge in [-0.05, 0) is 44.4 Å². The minimum Gasteiger partial charge on any atom is -0.339 e. The zero-order chi connectivity index (χ0) is 20.0. The molecule has 0 bridgehead atoms. The predicted octanol–water partition coefficient (Wildman–Crippen LogP) is 4.40. The van der Waals surface area contributed by atoms with Crippen LogP contribution in [0.2, 0.25) is 0 Å². The van der Waals surface area contributed by atoms with Crippen LogP contribution in [0.25, 0.3) is 0 Å². The summed E-state index contributed by atoms with van der Waals surface area (Å²) in [6.45, 7) is 11.3. The number of nitrogens with zero attached hydrogens (tertiary/aromatic N) is 2. The Morgan fingerprint density at radius 2 is 1.56 bits per heavy atom. The van der Waals surface area contributed by atoms with E-state index in [-0.39, 0.29) is 11.8 Å². The SMILES string of the molecule is CCN(Cc1ccccc1)C(=O)CCN(C(C)=O)c1c(C)cc(C)cc1C. The number of amides is 2. The lowest BCUT2D eigenvalue weighted by molar-refractivity contribution is -0.131. The van der Waals surface area contributed by atoms with Gasteiger partial charge < -0.3 is 9.80 Å². The summed E-state index contributed by atoms with van der Waals surface area (Å²) in [5.74, 6) is 0.0268. The van der Waals surface area contributed by atoms with Crippen LogP contribution in [0.3, 0.4) is 0 Å². The molecule has 144 valence electrons. The molecule has 4 heteroatoms. The average Bonchev–Trinajstić information content (AvgIpc) is 2.61. The van der Waals surface area contributed by atoms with Crippen molar-refractivity contribution in [2.24, 2.45) is 0 Å². The Kier molecular flexibility index (Phi) is 7.17. The molecule has 2 aromatic carbocycles. The standard InChI is InChI=1S/C23H30N2O2/c1-6-24(16-21-10-8-7-9-11-21)22(27)12-13-25(20(5)26)23-18(3)14-17(2)15-19(23)4/h7-11,14-15H,6,12-13,16H2,1-5H3. The molecular formula is C23H30N2O2. The molecule has 0 fully saturated rings. The number of anilines is 1. The van der Waals surface area contributed by atoms with Gasteiger partial charge in [0.1, 0.15) is 0 Å². The second-order valence-corrected chi connectivity index (χ2v) is 7.06. The number of rotatable bonds is 7. The third-order valence-corrected chi connectivity index (χ3v) is 4.79. The van der Waals surface area contributed by atoms with Crippen molar-refractivity contribution in [1.82, 2.24) is 4.90 Å². The summed E-state index contributed by atoms with van der Waals surface area (Å²) >= 11 is 0. The van der Waals surface area contributed by atoms with Crippen molar-refractivity contribution >= 4 is 17.5 Å². The second-order valence-electron chi connectivity index (χ2n) is 7.06. The first-order chi connectivity index (χ1) is 12.8. The van der Waals surface area contributed by atoms with Crippen LogP contribution in [0.4, 0.5) is 5.69 Å². The molecule has 0 aromatic heterocycles. The quantitative estimate of drug-likeness (QED) is 0.728. The minimum atomic E-state index is -0.0380. The van der Waals surface area contributed by atoms with E-state index >= 15 is 0 Å². The van der Waals surface area contributed by atoms with Crippen LogP contribution in [0, 0.1) is 20.8 Å². The number of carbonyl (C=O) groups is 2. The molecule has 0 heterocycles. The lowest BCUT2D eigenvalue weighted by Crippen LogP contribution is -2.36. The van der Waals surface area contributed by atoms with Crippen LogP contribution < -0.4 is 4.90 Å². The zero-order valence-electron chi connectivity index (χ0n) is 17.1. The Morgan fingerprint density at radius 3 is 2.07 bits per heavy atom. The fourth-order valence-corrected chi connectivity index (χ4v) is 3.57. The van der Waals surface area contributed by atoms with Crippen molar-refractivity contribution in [3.8, 4) is 0 Å². The molecular weight excluding hydrogens is 336 g/mol. The molecule has 0 N–H and O–H groups in total. The van der Waals surface area contributed by atoms with Crippen LogP contribution in [0.15, 0.2) is 42.5 Å². The van der Waals surface area contributed by atoms with Gasteiger partial charge in [-0.3, -0.25) is 9.59 Å². The maximum absolute atomic E-state index is 12.7. The molecule has 0 saturated heterocycles. The molecule has 0 spiro atoms. The minimum absolute atomic E-state index is 0.0380. The Balaban J connectivity index is 2.11. The fourth-order valence-electron chi connectivity index (χ4n) is 3.57. The molecule has 0 aliphatic carbocycles. The predicted molar refractivity (Wildman–Crippen MR) is 111 cm³/mol. The van der Waals surface area contributed by atoms with Gasteiger partial charge in [-0.15, -0.1) is 0 Å². The molecule has 0 aliphatic rings. The Hall–Kier alpha value is -2.62. The topological polar surface area (TPSA) is 40.6 Å². The maximum Gasteiger partial charge on any atom is 0.224 e. The second kappa shape index (κ2) is 9.36. The summed E-state index contributed by atoms with van der Waals surface area (Å²) in [5.41, 5.74) is 5.33. The molecule has 0 radical (unpaired) electrons. The molecule has 2 amide bonds. The fraction of sp³-hybridized carbons (Fsp3) is 0.391. The number of aryl methyl sites for hydroxylation is 3. The molecule has 0 atom stereocenters. The normalized spacial score (nSPS) is 10.6. The van der Waals surface area contributed by atoms with Gasteiger partial charge in [0.2, 0.25) is 11.8 Å². The first-order valence-electron chi connectivity index (χ1n) is 9.51. The third-order valence-electron chi connectivity index (χ3n) is 4.79. The Labute approximate surface area is 162 Å². The van der Waals surface area contributed by atoms with Crippen LogP contribution in [0.5, 0.6) is 0 Å². The molecule has 0 aliphatic heterocycles. The lowest BCUT2D eigenvalue weighted by Gasteiger charge is -2.27. The van der Waals surface area contributed by atoms with Gasteiger partial charge in [0.25, 0.3) is 0 Å². The van der Waals surface area contributed by atoms with E-state index in [1.54, 1.807) is 11.8 Å². The van der Waals surface area contributed by atoms with Crippen molar-refractivity contribution in [2.75, 3.05) is 18.0 Å². The van der Waals surface area contributed by atoms with E-state index in [0.717, 1.165) is 22.4 Å². The van der Waals surface area contributed by atoms with Crippen LogP contribution in [-0.4, -0.2) is 29.8 Å². The van der Waals surface area contributed by atoms with Crippen LogP contribution in [0.1, 0.15) is 42.5 Å². The summed E-state index contributed by atoms with van der Waals surface area (Å²) in [7, 11) is 0.